The Bertz CT molecular complexity index is 618. The molecule has 0 spiro atoms. The van der Waals surface area contributed by atoms with Crippen molar-refractivity contribution in [2.24, 2.45) is 5.73 Å². The van der Waals surface area contributed by atoms with Crippen LogP contribution in [0.1, 0.15) is 90.5 Å². The van der Waals surface area contributed by atoms with Crippen molar-refractivity contribution in [2.45, 2.75) is 107 Å². The van der Waals surface area contributed by atoms with Crippen molar-refractivity contribution >= 4 is 29.6 Å². The normalized spacial score (nSPS) is 19.1. The van der Waals surface area contributed by atoms with Gasteiger partial charge < -0.3 is 5.73 Å². The number of amides is 1. The second-order valence-electron chi connectivity index (χ2n) is 9.06. The summed E-state index contributed by atoms with van der Waals surface area (Å²) in [6.07, 6.45) is 15.0. The van der Waals surface area contributed by atoms with Gasteiger partial charge in [0.1, 0.15) is 6.04 Å². The highest BCUT2D eigenvalue weighted by molar-refractivity contribution is 8.01. The average molecular weight is 451 g/mol. The Hall–Kier alpha value is -0.650. The molecule has 1 aliphatic rings. The van der Waals surface area contributed by atoms with Crippen molar-refractivity contribution in [1.82, 2.24) is 4.31 Å². The van der Waals surface area contributed by atoms with E-state index >= 15 is 0 Å². The van der Waals surface area contributed by atoms with E-state index in [4.69, 9.17) is 5.73 Å². The molecule has 1 amide bonds. The molecule has 1 aromatic rings. The predicted octanol–water partition coefficient (Wildman–Crippen LogP) is 6.84. The van der Waals surface area contributed by atoms with Gasteiger partial charge in [-0.3, -0.25) is 4.79 Å². The molecule has 0 saturated carbocycles. The zero-order valence-electron chi connectivity index (χ0n) is 19.3. The summed E-state index contributed by atoms with van der Waals surface area (Å²) in [5, 5.41) is 0. The molecule has 1 saturated heterocycles. The van der Waals surface area contributed by atoms with Crippen molar-refractivity contribution in [3.8, 4) is 0 Å². The third-order valence-electron chi connectivity index (χ3n) is 5.97. The van der Waals surface area contributed by atoms with E-state index in [0.717, 1.165) is 12.3 Å². The highest BCUT2D eigenvalue weighted by Crippen LogP contribution is 2.40. The van der Waals surface area contributed by atoms with Gasteiger partial charge in [0, 0.05) is 21.9 Å². The number of primary amides is 1. The van der Waals surface area contributed by atoms with E-state index in [9.17, 15) is 4.79 Å². The molecule has 1 atom stereocenters. The van der Waals surface area contributed by atoms with E-state index in [1.54, 1.807) is 11.9 Å². The lowest BCUT2D eigenvalue weighted by molar-refractivity contribution is -0.122. The van der Waals surface area contributed by atoms with Crippen molar-refractivity contribution in [2.75, 3.05) is 12.3 Å². The molecule has 2 N–H and O–H groups in total. The van der Waals surface area contributed by atoms with Gasteiger partial charge in [-0.2, -0.15) is 11.8 Å². The molecule has 170 valence electrons. The maximum atomic E-state index is 12.1. The number of rotatable bonds is 14. The van der Waals surface area contributed by atoms with Crippen molar-refractivity contribution in [3.05, 3.63) is 29.8 Å². The first kappa shape index (κ1) is 25.6. The maximum absolute atomic E-state index is 12.1. The molecule has 1 aromatic carbocycles. The standard InChI is InChI=1S/C25H42N2OS2/c1-4-5-6-7-8-9-10-11-12-13-14-21-15-17-22(18-16-21)30-27-19-20-29-25(2,3)23(27)24(26)28/h15-18,23H,4-14,19-20H2,1-3H3,(H2,26,28). The van der Waals surface area contributed by atoms with Gasteiger partial charge in [0.2, 0.25) is 5.91 Å². The second kappa shape index (κ2) is 13.7. The van der Waals surface area contributed by atoms with Crippen molar-refractivity contribution in [3.63, 3.8) is 0 Å². The van der Waals surface area contributed by atoms with Crippen LogP contribution in [0.3, 0.4) is 0 Å². The van der Waals surface area contributed by atoms with Crippen molar-refractivity contribution in [1.29, 1.82) is 0 Å². The molecule has 30 heavy (non-hydrogen) atoms. The van der Waals surface area contributed by atoms with Gasteiger partial charge in [0.15, 0.2) is 0 Å². The summed E-state index contributed by atoms with van der Waals surface area (Å²) in [7, 11) is 0. The monoisotopic (exact) mass is 450 g/mol. The Labute approximate surface area is 193 Å². The highest BCUT2D eigenvalue weighted by Gasteiger charge is 2.42. The maximum Gasteiger partial charge on any atom is 0.237 e. The number of unbranched alkanes of at least 4 members (excludes halogenated alkanes) is 9. The number of nitrogens with two attached hydrogens (primary N) is 1. The number of carbonyl (C=O) groups is 1. The minimum absolute atomic E-state index is 0.146. The third-order valence-corrected chi connectivity index (χ3v) is 8.43. The first-order chi connectivity index (χ1) is 14.4. The quantitative estimate of drug-likeness (QED) is 0.249. The Morgan fingerprint density at radius 2 is 1.60 bits per heavy atom. The molecule has 1 fully saturated rings. The van der Waals surface area contributed by atoms with E-state index in [0.29, 0.717) is 0 Å². The lowest BCUT2D eigenvalue weighted by Crippen LogP contribution is -2.56. The van der Waals surface area contributed by atoms with Gasteiger partial charge in [0.25, 0.3) is 0 Å². The topological polar surface area (TPSA) is 46.3 Å². The smallest absolute Gasteiger partial charge is 0.237 e. The minimum atomic E-state index is -0.243. The largest absolute Gasteiger partial charge is 0.368 e. The Kier molecular flexibility index (Phi) is 11.7. The molecule has 2 rings (SSSR count). The van der Waals surface area contributed by atoms with Crippen LogP contribution in [0, 0.1) is 0 Å². The van der Waals surface area contributed by atoms with Gasteiger partial charge in [-0.1, -0.05) is 76.8 Å². The molecule has 0 aliphatic carbocycles. The molecule has 0 bridgehead atoms. The number of aryl methyl sites for hydroxylation is 1. The van der Waals surface area contributed by atoms with Crippen molar-refractivity contribution < 1.29 is 4.79 Å². The van der Waals surface area contributed by atoms with E-state index in [2.05, 4.69) is 49.3 Å². The molecule has 1 aliphatic heterocycles. The molecule has 0 radical (unpaired) electrons. The summed E-state index contributed by atoms with van der Waals surface area (Å²) < 4.78 is 2.03. The van der Waals surface area contributed by atoms with Crippen LogP contribution < -0.4 is 5.73 Å². The minimum Gasteiger partial charge on any atom is -0.368 e. The summed E-state index contributed by atoms with van der Waals surface area (Å²) in [4.78, 5) is 13.2. The van der Waals surface area contributed by atoms with E-state index < -0.39 is 0 Å². The van der Waals surface area contributed by atoms with Crippen LogP contribution in [0.2, 0.25) is 0 Å². The third kappa shape index (κ3) is 8.84. The van der Waals surface area contributed by atoms with Crippen LogP contribution in [0.25, 0.3) is 0 Å². The van der Waals surface area contributed by atoms with Crippen LogP contribution >= 0.6 is 23.7 Å². The molecule has 3 nitrogen and oxygen atoms in total. The zero-order chi connectivity index (χ0) is 21.8. The Balaban J connectivity index is 1.67. The molecule has 5 heteroatoms. The lowest BCUT2D eigenvalue weighted by atomic mass is 10.0. The van der Waals surface area contributed by atoms with Gasteiger partial charge in [-0.25, -0.2) is 4.31 Å². The fourth-order valence-electron chi connectivity index (χ4n) is 4.21. The number of thioether (sulfide) groups is 1. The number of carbonyl (C=O) groups excluding carboxylic acids is 1. The van der Waals surface area contributed by atoms with Crippen LogP contribution in [-0.4, -0.2) is 33.3 Å². The predicted molar refractivity (Wildman–Crippen MR) is 134 cm³/mol. The molecular weight excluding hydrogens is 408 g/mol. The van der Waals surface area contributed by atoms with Gasteiger partial charge >= 0.3 is 0 Å². The summed E-state index contributed by atoms with van der Waals surface area (Å²) in [5.41, 5.74) is 7.15. The fraction of sp³-hybridized carbons (Fsp3) is 0.720. The highest BCUT2D eigenvalue weighted by atomic mass is 32.2. The molecule has 1 unspecified atom stereocenters. The SMILES string of the molecule is CCCCCCCCCCCCc1ccc(SN2CCSC(C)(C)C2C(N)=O)cc1. The van der Waals surface area contributed by atoms with Gasteiger partial charge in [-0.05, 0) is 56.3 Å². The van der Waals surface area contributed by atoms with E-state index in [1.165, 1.54) is 81.1 Å². The Morgan fingerprint density at radius 1 is 1.03 bits per heavy atom. The first-order valence-corrected chi connectivity index (χ1v) is 13.7. The van der Waals surface area contributed by atoms with Gasteiger partial charge in [-0.15, -0.1) is 0 Å². The second-order valence-corrected chi connectivity index (χ2v) is 11.9. The van der Waals surface area contributed by atoms with Crippen LogP contribution in [0.15, 0.2) is 29.2 Å². The average Bonchev–Trinajstić information content (AvgIpc) is 2.69. The van der Waals surface area contributed by atoms with Gasteiger partial charge in [0.05, 0.1) is 0 Å². The fourth-order valence-corrected chi connectivity index (χ4v) is 6.79. The van der Waals surface area contributed by atoms with Crippen LogP contribution in [-0.2, 0) is 11.2 Å². The number of benzene rings is 1. The number of hydrogen-bond acceptors (Lipinski definition) is 4. The Morgan fingerprint density at radius 3 is 2.17 bits per heavy atom. The summed E-state index contributed by atoms with van der Waals surface area (Å²) in [5.74, 6) is 0.804. The molecular formula is C25H42N2OS2. The first-order valence-electron chi connectivity index (χ1n) is 11.9. The summed E-state index contributed by atoms with van der Waals surface area (Å²) >= 11 is 3.51. The summed E-state index contributed by atoms with van der Waals surface area (Å²) in [6.45, 7) is 7.40. The van der Waals surface area contributed by atoms with Crippen LogP contribution in [0.4, 0.5) is 0 Å². The molecule has 1 heterocycles. The lowest BCUT2D eigenvalue weighted by Gasteiger charge is -2.43. The number of hydrogen-bond donors (Lipinski definition) is 1. The molecule has 0 aromatic heterocycles. The van der Waals surface area contributed by atoms with E-state index in [-0.39, 0.29) is 16.7 Å². The van der Waals surface area contributed by atoms with E-state index in [1.807, 2.05) is 11.8 Å². The van der Waals surface area contributed by atoms with Crippen LogP contribution in [0.5, 0.6) is 0 Å². The number of nitrogens with zero attached hydrogens (tertiary/aromatic N) is 1. The zero-order valence-corrected chi connectivity index (χ0v) is 21.0. The summed E-state index contributed by atoms with van der Waals surface area (Å²) in [6, 6.07) is 8.65.